The van der Waals surface area contributed by atoms with Gasteiger partial charge in [0.25, 0.3) is 0 Å². The summed E-state index contributed by atoms with van der Waals surface area (Å²) in [5.41, 5.74) is 0.395. The third kappa shape index (κ3) is 3.89. The highest BCUT2D eigenvalue weighted by atomic mass is 35.5. The van der Waals surface area contributed by atoms with Gasteiger partial charge in [-0.3, -0.25) is 0 Å². The standard InChI is InChI=1S/C9H8ClFO3S/c1-14-9-3-2-8(10)6-7(9)4-5-15(11,12)13/h2-6H,1H3/b5-4+. The summed E-state index contributed by atoms with van der Waals surface area (Å²) in [4.78, 5) is 0. The lowest BCUT2D eigenvalue weighted by atomic mass is 10.2. The Morgan fingerprint density at radius 3 is 2.67 bits per heavy atom. The maximum Gasteiger partial charge on any atom is 0.325 e. The monoisotopic (exact) mass is 250 g/mol. The van der Waals surface area contributed by atoms with E-state index >= 15 is 0 Å². The second-order valence-electron chi connectivity index (χ2n) is 2.66. The highest BCUT2D eigenvalue weighted by Gasteiger charge is 2.03. The lowest BCUT2D eigenvalue weighted by Gasteiger charge is -2.04. The maximum absolute atomic E-state index is 12.2. The van der Waals surface area contributed by atoms with Gasteiger partial charge in [-0.15, -0.1) is 3.89 Å². The summed E-state index contributed by atoms with van der Waals surface area (Å²) < 4.78 is 37.7. The number of methoxy groups -OCH3 is 1. The molecule has 0 bridgehead atoms. The third-order valence-corrected chi connectivity index (χ3v) is 2.30. The molecule has 6 heteroatoms. The Morgan fingerprint density at radius 2 is 2.13 bits per heavy atom. The molecule has 3 nitrogen and oxygen atoms in total. The van der Waals surface area contributed by atoms with E-state index in [9.17, 15) is 12.3 Å². The summed E-state index contributed by atoms with van der Waals surface area (Å²) in [7, 11) is -3.22. The molecule has 0 saturated heterocycles. The normalized spacial score (nSPS) is 11.9. The molecule has 0 fully saturated rings. The van der Waals surface area contributed by atoms with Crippen LogP contribution >= 0.6 is 11.6 Å². The Balaban J connectivity index is 3.13. The van der Waals surface area contributed by atoms with Gasteiger partial charge >= 0.3 is 10.2 Å². The second kappa shape index (κ2) is 4.63. The van der Waals surface area contributed by atoms with Crippen LogP contribution in [-0.2, 0) is 10.2 Å². The van der Waals surface area contributed by atoms with Crippen molar-refractivity contribution in [3.63, 3.8) is 0 Å². The molecule has 0 heterocycles. The molecule has 0 aliphatic heterocycles. The molecule has 0 amide bonds. The average molecular weight is 251 g/mol. The van der Waals surface area contributed by atoms with Crippen LogP contribution in [0, 0.1) is 0 Å². The van der Waals surface area contributed by atoms with Crippen LogP contribution in [0.15, 0.2) is 23.6 Å². The molecular formula is C9H8ClFO3S. The van der Waals surface area contributed by atoms with Crippen molar-refractivity contribution in [2.24, 2.45) is 0 Å². The van der Waals surface area contributed by atoms with Gasteiger partial charge in [-0.05, 0) is 24.3 Å². The molecule has 1 aromatic rings. The SMILES string of the molecule is COc1ccc(Cl)cc1/C=C/S(=O)(=O)F. The van der Waals surface area contributed by atoms with Crippen LogP contribution in [0.4, 0.5) is 3.89 Å². The Labute approximate surface area is 92.3 Å². The quantitative estimate of drug-likeness (QED) is 0.775. The van der Waals surface area contributed by atoms with Crippen LogP contribution in [-0.4, -0.2) is 15.5 Å². The smallest absolute Gasteiger partial charge is 0.325 e. The predicted molar refractivity (Wildman–Crippen MR) is 57.1 cm³/mol. The van der Waals surface area contributed by atoms with Crippen molar-refractivity contribution in [2.45, 2.75) is 0 Å². The summed E-state index contributed by atoms with van der Waals surface area (Å²) >= 11 is 5.69. The second-order valence-corrected chi connectivity index (χ2v) is 4.32. The number of hydrogen-bond acceptors (Lipinski definition) is 3. The number of benzene rings is 1. The molecule has 0 saturated carbocycles. The molecule has 0 atom stereocenters. The molecule has 0 N–H and O–H groups in total. The van der Waals surface area contributed by atoms with Crippen molar-refractivity contribution in [3.05, 3.63) is 34.2 Å². The summed E-state index contributed by atoms with van der Waals surface area (Å²) in [6, 6.07) is 4.62. The number of ether oxygens (including phenoxy) is 1. The Bertz CT molecular complexity index is 482. The van der Waals surface area contributed by atoms with Crippen LogP contribution in [0.3, 0.4) is 0 Å². The largest absolute Gasteiger partial charge is 0.496 e. The molecular weight excluding hydrogens is 243 g/mol. The van der Waals surface area contributed by atoms with Gasteiger partial charge in [0.2, 0.25) is 0 Å². The van der Waals surface area contributed by atoms with E-state index in [0.29, 0.717) is 21.7 Å². The first-order valence-corrected chi connectivity index (χ1v) is 5.71. The molecule has 0 spiro atoms. The summed E-state index contributed by atoms with van der Waals surface area (Å²) in [6.07, 6.45) is 1.08. The molecule has 15 heavy (non-hydrogen) atoms. The maximum atomic E-state index is 12.2. The molecule has 0 aromatic heterocycles. The van der Waals surface area contributed by atoms with Crippen molar-refractivity contribution < 1.29 is 17.0 Å². The molecule has 0 radical (unpaired) electrons. The topological polar surface area (TPSA) is 43.4 Å². The Hall–Kier alpha value is -1.07. The van der Waals surface area contributed by atoms with Crippen molar-refractivity contribution in [2.75, 3.05) is 7.11 Å². The summed E-state index contributed by atoms with van der Waals surface area (Å²) in [6.45, 7) is 0. The number of hydrogen-bond donors (Lipinski definition) is 0. The van der Waals surface area contributed by atoms with Crippen LogP contribution in [0.1, 0.15) is 5.56 Å². The highest BCUT2D eigenvalue weighted by Crippen LogP contribution is 2.24. The third-order valence-electron chi connectivity index (χ3n) is 1.60. The summed E-state index contributed by atoms with van der Waals surface area (Å²) in [5, 5.41) is 0.855. The fourth-order valence-electron chi connectivity index (χ4n) is 0.990. The van der Waals surface area contributed by atoms with E-state index in [1.54, 1.807) is 12.1 Å². The van der Waals surface area contributed by atoms with Crippen LogP contribution < -0.4 is 4.74 Å². The van der Waals surface area contributed by atoms with Gasteiger partial charge in [-0.1, -0.05) is 11.6 Å². The summed E-state index contributed by atoms with van der Waals surface area (Å²) in [5.74, 6) is 0.416. The van der Waals surface area contributed by atoms with E-state index in [1.165, 1.54) is 13.2 Å². The molecule has 0 unspecified atom stereocenters. The van der Waals surface area contributed by atoms with Gasteiger partial charge in [-0.2, -0.15) is 8.42 Å². The van der Waals surface area contributed by atoms with Crippen LogP contribution in [0.5, 0.6) is 5.75 Å². The first-order chi connectivity index (χ1) is 6.92. The van der Waals surface area contributed by atoms with E-state index in [0.717, 1.165) is 6.08 Å². The van der Waals surface area contributed by atoms with E-state index in [-0.39, 0.29) is 0 Å². The molecule has 82 valence electrons. The fraction of sp³-hybridized carbons (Fsp3) is 0.111. The van der Waals surface area contributed by atoms with E-state index in [4.69, 9.17) is 16.3 Å². The average Bonchev–Trinajstić information content (AvgIpc) is 2.14. The minimum atomic E-state index is -4.64. The van der Waals surface area contributed by atoms with Gasteiger partial charge in [0, 0.05) is 10.6 Å². The molecule has 0 aliphatic rings. The van der Waals surface area contributed by atoms with Gasteiger partial charge in [0.1, 0.15) is 5.75 Å². The lowest BCUT2D eigenvalue weighted by Crippen LogP contribution is -1.87. The van der Waals surface area contributed by atoms with Crippen molar-refractivity contribution >= 4 is 27.9 Å². The van der Waals surface area contributed by atoms with Crippen molar-refractivity contribution in [1.82, 2.24) is 0 Å². The van der Waals surface area contributed by atoms with E-state index in [1.807, 2.05) is 0 Å². The zero-order valence-corrected chi connectivity index (χ0v) is 9.35. The van der Waals surface area contributed by atoms with Crippen LogP contribution in [0.2, 0.25) is 5.02 Å². The number of rotatable bonds is 3. The van der Waals surface area contributed by atoms with E-state index in [2.05, 4.69) is 0 Å². The zero-order valence-electron chi connectivity index (χ0n) is 7.78. The van der Waals surface area contributed by atoms with Gasteiger partial charge in [-0.25, -0.2) is 0 Å². The van der Waals surface area contributed by atoms with Crippen LogP contribution in [0.25, 0.3) is 6.08 Å². The lowest BCUT2D eigenvalue weighted by molar-refractivity contribution is 0.414. The minimum absolute atomic E-state index is 0.395. The Morgan fingerprint density at radius 1 is 1.47 bits per heavy atom. The number of halogens is 2. The molecule has 1 rings (SSSR count). The first-order valence-electron chi connectivity index (χ1n) is 3.88. The fourth-order valence-corrected chi connectivity index (χ4v) is 1.48. The predicted octanol–water partition coefficient (Wildman–Crippen LogP) is 2.62. The molecule has 1 aromatic carbocycles. The van der Waals surface area contributed by atoms with E-state index < -0.39 is 10.2 Å². The minimum Gasteiger partial charge on any atom is -0.496 e. The van der Waals surface area contributed by atoms with Crippen molar-refractivity contribution in [1.29, 1.82) is 0 Å². The zero-order chi connectivity index (χ0) is 11.5. The van der Waals surface area contributed by atoms with Crippen molar-refractivity contribution in [3.8, 4) is 5.75 Å². The first kappa shape index (κ1) is 12.0. The van der Waals surface area contributed by atoms with Gasteiger partial charge in [0.05, 0.1) is 12.5 Å². The highest BCUT2D eigenvalue weighted by molar-refractivity contribution is 7.89. The molecule has 0 aliphatic carbocycles. The van der Waals surface area contributed by atoms with Gasteiger partial charge < -0.3 is 4.74 Å². The van der Waals surface area contributed by atoms with Gasteiger partial charge in [0.15, 0.2) is 0 Å². The Kier molecular flexibility index (Phi) is 3.71.